The highest BCUT2D eigenvalue weighted by atomic mass is 19.1. The maximum Gasteiger partial charge on any atom is 0.414 e. The van der Waals surface area contributed by atoms with Crippen molar-refractivity contribution < 1.29 is 23.1 Å². The van der Waals surface area contributed by atoms with Gasteiger partial charge in [0.25, 0.3) is 5.91 Å². The molecule has 0 aliphatic carbocycles. The molecule has 3 rings (SSSR count). The number of anilines is 2. The summed E-state index contributed by atoms with van der Waals surface area (Å²) in [5.41, 5.74) is 8.25. The van der Waals surface area contributed by atoms with Crippen molar-refractivity contribution >= 4 is 23.4 Å². The molecule has 1 aliphatic rings. The SMILES string of the molecule is CCN(CCNN(C)C(=O)Cn1ccnn1)c1c(F)cc(N2C[C@H](CN)OC2=O)cc1F. The van der Waals surface area contributed by atoms with Crippen molar-refractivity contribution in [1.29, 1.82) is 0 Å². The fourth-order valence-corrected chi connectivity index (χ4v) is 3.30. The Morgan fingerprint density at radius 1 is 1.38 bits per heavy atom. The average Bonchev–Trinajstić information content (AvgIpc) is 3.40. The second-order valence-corrected chi connectivity index (χ2v) is 7.15. The summed E-state index contributed by atoms with van der Waals surface area (Å²) in [6.45, 7) is 2.83. The third kappa shape index (κ3) is 5.29. The Balaban J connectivity index is 1.61. The first kappa shape index (κ1) is 23.3. The number of carbonyl (C=O) groups excluding carboxylic acids is 2. The van der Waals surface area contributed by atoms with E-state index in [-0.39, 0.29) is 50.0 Å². The molecule has 0 radical (unpaired) electrons. The summed E-state index contributed by atoms with van der Waals surface area (Å²) < 4.78 is 36.1. The number of cyclic esters (lactones) is 1. The molecule has 1 aromatic heterocycles. The molecule has 3 N–H and O–H groups in total. The van der Waals surface area contributed by atoms with Gasteiger partial charge in [-0.2, -0.15) is 0 Å². The van der Waals surface area contributed by atoms with Crippen LogP contribution in [0.25, 0.3) is 0 Å². The lowest BCUT2D eigenvalue weighted by atomic mass is 10.2. The number of carbonyl (C=O) groups is 2. The first-order valence-corrected chi connectivity index (χ1v) is 10.1. The molecule has 1 aliphatic heterocycles. The second kappa shape index (κ2) is 10.3. The topological polar surface area (TPSA) is 122 Å². The van der Waals surface area contributed by atoms with Crippen LogP contribution in [-0.4, -0.2) is 77.9 Å². The number of hydrazine groups is 1. The molecule has 1 saturated heterocycles. The zero-order valence-electron chi connectivity index (χ0n) is 17.9. The number of likely N-dealkylation sites (N-methyl/N-ethyl adjacent to an activating group) is 2. The lowest BCUT2D eigenvalue weighted by molar-refractivity contribution is -0.133. The summed E-state index contributed by atoms with van der Waals surface area (Å²) in [5.74, 6) is -1.86. The number of ether oxygens (including phenoxy) is 1. The standard InChI is InChI=1S/C19H26F2N8O3/c1-3-27(6-5-24-26(2)17(30)12-28-7-4-23-25-28)18-15(20)8-13(9-16(18)21)29-11-14(10-22)32-19(29)31/h4,7-9,14,24H,3,5-6,10-12,22H2,1-2H3/t14-/m0/s1. The van der Waals surface area contributed by atoms with E-state index in [0.717, 1.165) is 17.0 Å². The first-order chi connectivity index (χ1) is 15.3. The summed E-state index contributed by atoms with van der Waals surface area (Å²) in [4.78, 5) is 26.8. The largest absolute Gasteiger partial charge is 0.443 e. The van der Waals surface area contributed by atoms with E-state index in [9.17, 15) is 18.4 Å². The quantitative estimate of drug-likeness (QED) is 0.495. The number of hydrogen-bond donors (Lipinski definition) is 2. The second-order valence-electron chi connectivity index (χ2n) is 7.15. The Hall–Kier alpha value is -3.32. The minimum absolute atomic E-state index is 0.00958. The summed E-state index contributed by atoms with van der Waals surface area (Å²) in [6, 6.07) is 2.20. The normalized spacial score (nSPS) is 15.7. The van der Waals surface area contributed by atoms with Gasteiger partial charge in [0, 0.05) is 51.6 Å². The van der Waals surface area contributed by atoms with Gasteiger partial charge in [-0.3, -0.25) is 14.7 Å². The number of nitrogens with zero attached hydrogens (tertiary/aromatic N) is 6. The molecule has 0 saturated carbocycles. The fraction of sp³-hybridized carbons (Fsp3) is 0.474. The molecule has 0 unspecified atom stereocenters. The monoisotopic (exact) mass is 452 g/mol. The van der Waals surface area contributed by atoms with Gasteiger partial charge in [-0.25, -0.2) is 23.7 Å². The maximum absolute atomic E-state index is 14.8. The summed E-state index contributed by atoms with van der Waals surface area (Å²) in [6.07, 6.45) is 1.83. The Morgan fingerprint density at radius 3 is 2.66 bits per heavy atom. The molecule has 13 heteroatoms. The van der Waals surface area contributed by atoms with Crippen LogP contribution in [0.1, 0.15) is 6.92 Å². The van der Waals surface area contributed by atoms with Crippen LogP contribution < -0.4 is 21.0 Å². The van der Waals surface area contributed by atoms with Crippen LogP contribution in [0.2, 0.25) is 0 Å². The molecule has 1 atom stereocenters. The third-order valence-corrected chi connectivity index (χ3v) is 5.02. The highest BCUT2D eigenvalue weighted by Crippen LogP contribution is 2.30. The predicted molar refractivity (Wildman–Crippen MR) is 112 cm³/mol. The van der Waals surface area contributed by atoms with Crippen LogP contribution in [0.4, 0.5) is 25.0 Å². The first-order valence-electron chi connectivity index (χ1n) is 10.1. The van der Waals surface area contributed by atoms with Gasteiger partial charge in [-0.1, -0.05) is 5.21 Å². The van der Waals surface area contributed by atoms with Gasteiger partial charge in [-0.05, 0) is 6.92 Å². The number of rotatable bonds is 10. The summed E-state index contributed by atoms with van der Waals surface area (Å²) >= 11 is 0. The number of benzene rings is 1. The minimum Gasteiger partial charge on any atom is -0.443 e. The van der Waals surface area contributed by atoms with E-state index >= 15 is 0 Å². The van der Waals surface area contributed by atoms with Gasteiger partial charge in [-0.15, -0.1) is 5.10 Å². The molecule has 2 aromatic rings. The van der Waals surface area contributed by atoms with E-state index in [2.05, 4.69) is 15.7 Å². The Labute approximate surface area is 183 Å². The van der Waals surface area contributed by atoms with Crippen molar-refractivity contribution in [1.82, 2.24) is 25.4 Å². The number of amides is 2. The number of nitrogens with two attached hydrogens (primary N) is 1. The smallest absolute Gasteiger partial charge is 0.414 e. The van der Waals surface area contributed by atoms with Crippen molar-refractivity contribution in [3.05, 3.63) is 36.2 Å². The van der Waals surface area contributed by atoms with E-state index < -0.39 is 23.8 Å². The lowest BCUT2D eigenvalue weighted by Crippen LogP contribution is -2.45. The molecule has 2 amide bonds. The van der Waals surface area contributed by atoms with Gasteiger partial charge >= 0.3 is 6.09 Å². The highest BCUT2D eigenvalue weighted by Gasteiger charge is 2.32. The van der Waals surface area contributed by atoms with E-state index in [0.29, 0.717) is 6.54 Å². The van der Waals surface area contributed by atoms with Crippen molar-refractivity contribution in [2.45, 2.75) is 19.6 Å². The van der Waals surface area contributed by atoms with Crippen LogP contribution in [0.15, 0.2) is 24.5 Å². The van der Waals surface area contributed by atoms with Gasteiger partial charge in [0.05, 0.1) is 18.4 Å². The maximum atomic E-state index is 14.8. The zero-order valence-corrected chi connectivity index (χ0v) is 17.9. The van der Waals surface area contributed by atoms with E-state index in [1.165, 1.54) is 20.8 Å². The van der Waals surface area contributed by atoms with Crippen LogP contribution in [0.3, 0.4) is 0 Å². The summed E-state index contributed by atoms with van der Waals surface area (Å²) in [5, 5.41) is 8.65. The zero-order chi connectivity index (χ0) is 23.3. The van der Waals surface area contributed by atoms with E-state index in [4.69, 9.17) is 10.5 Å². The number of nitrogens with one attached hydrogen (secondary N) is 1. The molecular formula is C19H26F2N8O3. The van der Waals surface area contributed by atoms with Gasteiger partial charge in [0.15, 0.2) is 11.6 Å². The van der Waals surface area contributed by atoms with Crippen molar-refractivity contribution in [3.63, 3.8) is 0 Å². The Kier molecular flexibility index (Phi) is 7.53. The van der Waals surface area contributed by atoms with Gasteiger partial charge in [0.1, 0.15) is 18.3 Å². The molecule has 1 aromatic carbocycles. The van der Waals surface area contributed by atoms with Gasteiger partial charge in [0.2, 0.25) is 0 Å². The predicted octanol–water partition coefficient (Wildman–Crippen LogP) is 0.330. The number of halogens is 2. The Bertz CT molecular complexity index is 920. The van der Waals surface area contributed by atoms with Crippen LogP contribution >= 0.6 is 0 Å². The Morgan fingerprint density at radius 2 is 2.09 bits per heavy atom. The van der Waals surface area contributed by atoms with E-state index in [1.807, 2.05) is 0 Å². The van der Waals surface area contributed by atoms with Crippen molar-refractivity contribution in [2.24, 2.45) is 5.73 Å². The molecule has 1 fully saturated rings. The molecule has 174 valence electrons. The molecular weight excluding hydrogens is 426 g/mol. The van der Waals surface area contributed by atoms with Crippen LogP contribution in [0.5, 0.6) is 0 Å². The van der Waals surface area contributed by atoms with Gasteiger partial charge < -0.3 is 15.4 Å². The average molecular weight is 452 g/mol. The van der Waals surface area contributed by atoms with Crippen LogP contribution in [-0.2, 0) is 16.1 Å². The molecule has 2 heterocycles. The number of hydrogen-bond acceptors (Lipinski definition) is 8. The number of aromatic nitrogens is 3. The van der Waals surface area contributed by atoms with Crippen molar-refractivity contribution in [3.8, 4) is 0 Å². The molecule has 0 spiro atoms. The lowest BCUT2D eigenvalue weighted by Gasteiger charge is -2.27. The molecule has 11 nitrogen and oxygen atoms in total. The minimum atomic E-state index is -0.804. The van der Waals surface area contributed by atoms with E-state index in [1.54, 1.807) is 20.2 Å². The molecule has 0 bridgehead atoms. The highest BCUT2D eigenvalue weighted by molar-refractivity contribution is 5.90. The summed E-state index contributed by atoms with van der Waals surface area (Å²) in [7, 11) is 1.55. The fourth-order valence-electron chi connectivity index (χ4n) is 3.30. The molecule has 32 heavy (non-hydrogen) atoms. The van der Waals surface area contributed by atoms with Crippen molar-refractivity contribution in [2.75, 3.05) is 49.6 Å². The third-order valence-electron chi connectivity index (χ3n) is 5.02. The van der Waals surface area contributed by atoms with Crippen LogP contribution in [0, 0.1) is 11.6 Å².